The molecular formula is C15H12ClN3O3S2. The molecule has 3 aromatic rings. The maximum Gasteiger partial charge on any atom is 0.324 e. The zero-order valence-electron chi connectivity index (χ0n) is 12.8. The molecule has 6 nitrogen and oxygen atoms in total. The lowest BCUT2D eigenvalue weighted by molar-refractivity contribution is -0.380. The molecule has 2 heterocycles. The predicted molar refractivity (Wildman–Crippen MR) is 96.1 cm³/mol. The molecule has 1 amide bonds. The molecule has 0 bridgehead atoms. The Bertz CT molecular complexity index is 1030. The Morgan fingerprint density at radius 3 is 2.71 bits per heavy atom. The minimum atomic E-state index is -0.515. The number of thiazole rings is 1. The van der Waals surface area contributed by atoms with E-state index < -0.39 is 10.8 Å². The van der Waals surface area contributed by atoms with Gasteiger partial charge in [0, 0.05) is 17.6 Å². The second-order valence-electron chi connectivity index (χ2n) is 4.96. The number of thiophene rings is 1. The number of carbonyl (C=O) groups is 1. The lowest BCUT2D eigenvalue weighted by Gasteiger charge is -2.04. The van der Waals surface area contributed by atoms with Crippen molar-refractivity contribution >= 4 is 55.4 Å². The van der Waals surface area contributed by atoms with E-state index in [1.165, 1.54) is 23.5 Å². The Kier molecular flexibility index (Phi) is 4.53. The highest BCUT2D eigenvalue weighted by atomic mass is 35.5. The van der Waals surface area contributed by atoms with E-state index in [-0.39, 0.29) is 9.88 Å². The van der Waals surface area contributed by atoms with Gasteiger partial charge in [0.2, 0.25) is 0 Å². The van der Waals surface area contributed by atoms with Gasteiger partial charge in [0.05, 0.1) is 15.1 Å². The first-order valence-corrected chi connectivity index (χ1v) is 9.05. The van der Waals surface area contributed by atoms with Gasteiger partial charge in [0.1, 0.15) is 4.88 Å². The number of nitro groups is 1. The molecule has 0 saturated carbocycles. The fourth-order valence-electron chi connectivity index (χ4n) is 2.38. The number of hydrogen-bond donors (Lipinski definition) is 0. The minimum Gasteiger partial charge on any atom is -0.316 e. The number of hydrogen-bond acceptors (Lipinski definition) is 5. The number of rotatable bonds is 3. The molecule has 0 aliphatic heterocycles. The normalized spacial score (nSPS) is 12.0. The first kappa shape index (κ1) is 16.8. The molecule has 1 aromatic carbocycles. The Morgan fingerprint density at radius 2 is 2.08 bits per heavy atom. The number of benzene rings is 1. The van der Waals surface area contributed by atoms with Crippen molar-refractivity contribution in [2.45, 2.75) is 20.4 Å². The topological polar surface area (TPSA) is 77.5 Å². The summed E-state index contributed by atoms with van der Waals surface area (Å²) in [5.41, 5.74) is 1.90. The van der Waals surface area contributed by atoms with Crippen molar-refractivity contribution in [1.82, 2.24) is 4.57 Å². The molecule has 2 aromatic heterocycles. The van der Waals surface area contributed by atoms with E-state index in [1.807, 2.05) is 30.5 Å². The highest BCUT2D eigenvalue weighted by molar-refractivity contribution is 7.17. The van der Waals surface area contributed by atoms with Crippen molar-refractivity contribution in [3.63, 3.8) is 0 Å². The average molecular weight is 382 g/mol. The third-order valence-electron chi connectivity index (χ3n) is 3.53. The van der Waals surface area contributed by atoms with Crippen molar-refractivity contribution in [3.05, 3.63) is 54.6 Å². The summed E-state index contributed by atoms with van der Waals surface area (Å²) in [5, 5.41) is 11.3. The maximum absolute atomic E-state index is 12.3. The molecule has 0 radical (unpaired) electrons. The van der Waals surface area contributed by atoms with Crippen molar-refractivity contribution in [1.29, 1.82) is 0 Å². The summed E-state index contributed by atoms with van der Waals surface area (Å²) in [4.78, 5) is 27.5. The number of aromatic nitrogens is 1. The fraction of sp³-hybridized carbons (Fsp3) is 0.200. The molecule has 0 saturated heterocycles. The zero-order valence-corrected chi connectivity index (χ0v) is 15.2. The smallest absolute Gasteiger partial charge is 0.316 e. The summed E-state index contributed by atoms with van der Waals surface area (Å²) in [5.74, 6) is -0.481. The fourth-order valence-corrected chi connectivity index (χ4v) is 4.39. The Labute approximate surface area is 149 Å². The van der Waals surface area contributed by atoms with Gasteiger partial charge in [-0.25, -0.2) is 0 Å². The lowest BCUT2D eigenvalue weighted by Crippen LogP contribution is -2.16. The number of fused-ring (bicyclic) bond motifs is 1. The van der Waals surface area contributed by atoms with E-state index in [0.29, 0.717) is 16.4 Å². The largest absolute Gasteiger partial charge is 0.324 e. The Morgan fingerprint density at radius 1 is 1.33 bits per heavy atom. The zero-order chi connectivity index (χ0) is 17.4. The molecule has 3 rings (SSSR count). The average Bonchev–Trinajstić information content (AvgIpc) is 3.15. The monoisotopic (exact) mass is 381 g/mol. The van der Waals surface area contributed by atoms with E-state index in [1.54, 1.807) is 0 Å². The summed E-state index contributed by atoms with van der Waals surface area (Å²) < 4.78 is 2.92. The molecule has 0 aliphatic carbocycles. The predicted octanol–water partition coefficient (Wildman–Crippen LogP) is 4.40. The van der Waals surface area contributed by atoms with Crippen LogP contribution in [0, 0.1) is 17.0 Å². The van der Waals surface area contributed by atoms with Crippen LogP contribution in [0.2, 0.25) is 5.02 Å². The number of aryl methyl sites for hydroxylation is 2. The van der Waals surface area contributed by atoms with Crippen LogP contribution < -0.4 is 4.80 Å². The van der Waals surface area contributed by atoms with E-state index in [0.717, 1.165) is 27.1 Å². The van der Waals surface area contributed by atoms with Crippen LogP contribution in [-0.4, -0.2) is 15.4 Å². The molecule has 9 heteroatoms. The van der Waals surface area contributed by atoms with Crippen LogP contribution >= 0.6 is 34.3 Å². The minimum absolute atomic E-state index is 0.0733. The number of nitrogens with zero attached hydrogens (tertiary/aromatic N) is 3. The standard InChI is InChI=1S/C15H12ClN3O3S2/c1-3-18-13-8(2)9(16)4-5-10(13)24-15(18)17-14(20)11-6-7-12(23-11)19(21)22/h4-7H,3H2,1-2H3. The second-order valence-corrected chi connectivity index (χ2v) is 7.44. The summed E-state index contributed by atoms with van der Waals surface area (Å²) in [6, 6.07) is 6.47. The van der Waals surface area contributed by atoms with E-state index in [2.05, 4.69) is 4.99 Å². The van der Waals surface area contributed by atoms with E-state index in [9.17, 15) is 14.9 Å². The highest BCUT2D eigenvalue weighted by Crippen LogP contribution is 2.28. The first-order chi connectivity index (χ1) is 11.4. The molecular weight excluding hydrogens is 370 g/mol. The van der Waals surface area contributed by atoms with Crippen LogP contribution in [0.4, 0.5) is 5.00 Å². The van der Waals surface area contributed by atoms with Crippen LogP contribution in [0.1, 0.15) is 22.2 Å². The summed E-state index contributed by atoms with van der Waals surface area (Å²) in [6.45, 7) is 4.53. The number of amides is 1. The molecule has 0 aliphatic rings. The van der Waals surface area contributed by atoms with Gasteiger partial charge < -0.3 is 4.57 Å². The van der Waals surface area contributed by atoms with Crippen molar-refractivity contribution in [3.8, 4) is 0 Å². The van der Waals surface area contributed by atoms with Gasteiger partial charge in [-0.3, -0.25) is 14.9 Å². The van der Waals surface area contributed by atoms with Crippen molar-refractivity contribution < 1.29 is 9.72 Å². The van der Waals surface area contributed by atoms with Gasteiger partial charge >= 0.3 is 5.00 Å². The third kappa shape index (κ3) is 2.88. The quantitative estimate of drug-likeness (QED) is 0.498. The first-order valence-electron chi connectivity index (χ1n) is 7.04. The van der Waals surface area contributed by atoms with Crippen LogP contribution in [0.15, 0.2) is 29.3 Å². The van der Waals surface area contributed by atoms with Crippen LogP contribution in [-0.2, 0) is 6.54 Å². The van der Waals surface area contributed by atoms with Gasteiger partial charge in [0.15, 0.2) is 4.80 Å². The number of carbonyl (C=O) groups excluding carboxylic acids is 1. The third-order valence-corrected chi connectivity index (χ3v) is 6.00. The summed E-state index contributed by atoms with van der Waals surface area (Å²) in [7, 11) is 0. The van der Waals surface area contributed by atoms with Gasteiger partial charge in [-0.15, -0.1) is 0 Å². The number of halogens is 1. The highest BCUT2D eigenvalue weighted by Gasteiger charge is 2.16. The Hall–Kier alpha value is -2.03. The van der Waals surface area contributed by atoms with Crippen LogP contribution in [0.3, 0.4) is 0 Å². The van der Waals surface area contributed by atoms with Gasteiger partial charge in [0.25, 0.3) is 5.91 Å². The Balaban J connectivity index is 2.14. The molecule has 0 N–H and O–H groups in total. The van der Waals surface area contributed by atoms with Crippen molar-refractivity contribution in [2.24, 2.45) is 4.99 Å². The van der Waals surface area contributed by atoms with Crippen LogP contribution in [0.5, 0.6) is 0 Å². The van der Waals surface area contributed by atoms with E-state index in [4.69, 9.17) is 11.6 Å². The summed E-state index contributed by atoms with van der Waals surface area (Å²) in [6.07, 6.45) is 0. The van der Waals surface area contributed by atoms with E-state index >= 15 is 0 Å². The second kappa shape index (κ2) is 6.46. The lowest BCUT2D eigenvalue weighted by atomic mass is 10.2. The maximum atomic E-state index is 12.3. The van der Waals surface area contributed by atoms with Crippen LogP contribution in [0.25, 0.3) is 10.2 Å². The molecule has 24 heavy (non-hydrogen) atoms. The SMILES string of the molecule is CCn1c(=NC(=O)c2ccc([N+](=O)[O-])s2)sc2ccc(Cl)c(C)c21. The van der Waals surface area contributed by atoms with Gasteiger partial charge in [-0.05, 0) is 37.6 Å². The van der Waals surface area contributed by atoms with Crippen molar-refractivity contribution in [2.75, 3.05) is 0 Å². The summed E-state index contributed by atoms with van der Waals surface area (Å²) >= 11 is 8.41. The van der Waals surface area contributed by atoms with Gasteiger partial charge in [-0.2, -0.15) is 4.99 Å². The molecule has 124 valence electrons. The van der Waals surface area contributed by atoms with Gasteiger partial charge in [-0.1, -0.05) is 34.3 Å². The molecule has 0 unspecified atom stereocenters. The molecule has 0 atom stereocenters. The molecule has 0 spiro atoms. The molecule has 0 fully saturated rings.